The van der Waals surface area contributed by atoms with Crippen molar-refractivity contribution >= 4 is 23.0 Å². The Labute approximate surface area is 153 Å². The summed E-state index contributed by atoms with van der Waals surface area (Å²) in [5.41, 5.74) is 1.99. The number of anilines is 1. The molecule has 0 saturated carbocycles. The van der Waals surface area contributed by atoms with E-state index in [4.69, 9.17) is 26.4 Å². The minimum atomic E-state index is 0.173. The third kappa shape index (κ3) is 5.00. The normalized spacial score (nSPS) is 12.6. The van der Waals surface area contributed by atoms with Crippen LogP contribution in [0.5, 0.6) is 17.2 Å². The van der Waals surface area contributed by atoms with Gasteiger partial charge in [-0.25, -0.2) is 0 Å². The van der Waals surface area contributed by atoms with Gasteiger partial charge in [-0.1, -0.05) is 12.1 Å². The number of rotatable bonds is 5. The Morgan fingerprint density at radius 2 is 1.80 bits per heavy atom. The second kappa shape index (κ2) is 8.07. The van der Waals surface area contributed by atoms with Gasteiger partial charge in [-0.15, -0.1) is 0 Å². The van der Waals surface area contributed by atoms with Gasteiger partial charge < -0.3 is 24.8 Å². The lowest BCUT2D eigenvalue weighted by molar-refractivity contribution is 0.171. The Morgan fingerprint density at radius 1 is 1.08 bits per heavy atom. The molecule has 132 valence electrons. The van der Waals surface area contributed by atoms with Gasteiger partial charge in [-0.2, -0.15) is 0 Å². The average molecular weight is 358 g/mol. The maximum atomic E-state index is 5.64. The zero-order valence-electron chi connectivity index (χ0n) is 14.4. The maximum Gasteiger partial charge on any atom is 0.171 e. The van der Waals surface area contributed by atoms with Crippen LogP contribution in [0.3, 0.4) is 0 Å². The maximum absolute atomic E-state index is 5.64. The van der Waals surface area contributed by atoms with Gasteiger partial charge >= 0.3 is 0 Å². The Hall–Kier alpha value is -2.47. The smallest absolute Gasteiger partial charge is 0.171 e. The van der Waals surface area contributed by atoms with Crippen molar-refractivity contribution in [3.05, 3.63) is 48.0 Å². The molecule has 0 saturated heterocycles. The molecule has 5 nitrogen and oxygen atoms in total. The highest BCUT2D eigenvalue weighted by atomic mass is 32.1. The van der Waals surface area contributed by atoms with Crippen molar-refractivity contribution in [1.82, 2.24) is 5.32 Å². The number of ether oxygens (including phenoxy) is 3. The van der Waals surface area contributed by atoms with E-state index in [0.29, 0.717) is 24.9 Å². The van der Waals surface area contributed by atoms with Crippen molar-refractivity contribution in [3.8, 4) is 17.2 Å². The topological polar surface area (TPSA) is 51.8 Å². The third-order valence-electron chi connectivity index (χ3n) is 3.55. The molecule has 6 heteroatoms. The largest absolute Gasteiger partial charge is 0.491 e. The fourth-order valence-electron chi connectivity index (χ4n) is 2.44. The van der Waals surface area contributed by atoms with Crippen molar-refractivity contribution in [3.63, 3.8) is 0 Å². The van der Waals surface area contributed by atoms with E-state index in [0.717, 1.165) is 28.5 Å². The zero-order valence-corrected chi connectivity index (χ0v) is 15.2. The van der Waals surface area contributed by atoms with E-state index in [1.54, 1.807) is 0 Å². The number of thiocarbonyl (C=S) groups is 1. The molecule has 0 unspecified atom stereocenters. The van der Waals surface area contributed by atoms with Crippen molar-refractivity contribution in [2.24, 2.45) is 0 Å². The lowest BCUT2D eigenvalue weighted by Gasteiger charge is -2.19. The standard InChI is InChI=1S/C19H22N2O3S/c1-13(2)24-16-6-3-14(4-7-16)12-20-19(25)21-15-5-8-17-18(11-15)23-10-9-22-17/h3-8,11,13H,9-10,12H2,1-2H3,(H2,20,21,25). The Kier molecular flexibility index (Phi) is 5.60. The van der Waals surface area contributed by atoms with E-state index >= 15 is 0 Å². The number of benzene rings is 2. The molecule has 3 rings (SSSR count). The Balaban J connectivity index is 1.51. The minimum Gasteiger partial charge on any atom is -0.491 e. The van der Waals surface area contributed by atoms with Crippen molar-refractivity contribution in [1.29, 1.82) is 0 Å². The molecule has 2 N–H and O–H groups in total. The summed E-state index contributed by atoms with van der Waals surface area (Å²) in [6.45, 7) is 5.81. The molecule has 0 aromatic heterocycles. The highest BCUT2D eigenvalue weighted by Gasteiger charge is 2.12. The fourth-order valence-corrected chi connectivity index (χ4v) is 2.63. The summed E-state index contributed by atoms with van der Waals surface area (Å²) in [5.74, 6) is 2.37. The van der Waals surface area contributed by atoms with Crippen LogP contribution in [0.15, 0.2) is 42.5 Å². The predicted octanol–water partition coefficient (Wildman–Crippen LogP) is 3.73. The third-order valence-corrected chi connectivity index (χ3v) is 3.79. The average Bonchev–Trinajstić information content (AvgIpc) is 2.60. The lowest BCUT2D eigenvalue weighted by Crippen LogP contribution is -2.28. The number of hydrogen-bond acceptors (Lipinski definition) is 4. The Morgan fingerprint density at radius 3 is 2.52 bits per heavy atom. The molecule has 0 spiro atoms. The molecule has 0 amide bonds. The van der Waals surface area contributed by atoms with E-state index in [1.807, 2.05) is 56.3 Å². The molecule has 0 radical (unpaired) electrons. The molecular formula is C19H22N2O3S. The molecule has 2 aromatic carbocycles. The highest BCUT2D eigenvalue weighted by Crippen LogP contribution is 2.32. The van der Waals surface area contributed by atoms with Crippen LogP contribution in [0.25, 0.3) is 0 Å². The summed E-state index contributed by atoms with van der Waals surface area (Å²) < 4.78 is 16.7. The SMILES string of the molecule is CC(C)Oc1ccc(CNC(=S)Nc2ccc3c(c2)OCCO3)cc1. The minimum absolute atomic E-state index is 0.173. The first-order valence-corrected chi connectivity index (χ1v) is 8.71. The van der Waals surface area contributed by atoms with Crippen LogP contribution in [0.2, 0.25) is 0 Å². The summed E-state index contributed by atoms with van der Waals surface area (Å²) in [5, 5.41) is 6.91. The van der Waals surface area contributed by atoms with Crippen LogP contribution in [0.1, 0.15) is 19.4 Å². The van der Waals surface area contributed by atoms with Crippen molar-refractivity contribution < 1.29 is 14.2 Å². The van der Waals surface area contributed by atoms with Gasteiger partial charge in [0.15, 0.2) is 16.6 Å². The van der Waals surface area contributed by atoms with E-state index < -0.39 is 0 Å². The van der Waals surface area contributed by atoms with Crippen LogP contribution in [-0.4, -0.2) is 24.4 Å². The number of nitrogens with one attached hydrogen (secondary N) is 2. The van der Waals surface area contributed by atoms with Crippen LogP contribution in [-0.2, 0) is 6.54 Å². The molecule has 1 aliphatic rings. The summed E-state index contributed by atoms with van der Waals surface area (Å²) >= 11 is 5.35. The van der Waals surface area contributed by atoms with Gasteiger partial charge in [-0.3, -0.25) is 0 Å². The van der Waals surface area contributed by atoms with Gasteiger partial charge in [0.25, 0.3) is 0 Å². The monoisotopic (exact) mass is 358 g/mol. The Bertz CT molecular complexity index is 732. The highest BCUT2D eigenvalue weighted by molar-refractivity contribution is 7.80. The van der Waals surface area contributed by atoms with E-state index in [9.17, 15) is 0 Å². The fraction of sp³-hybridized carbons (Fsp3) is 0.316. The first kappa shape index (κ1) is 17.4. The van der Waals surface area contributed by atoms with Gasteiger partial charge in [-0.05, 0) is 55.9 Å². The molecule has 25 heavy (non-hydrogen) atoms. The van der Waals surface area contributed by atoms with Crippen molar-refractivity contribution in [2.45, 2.75) is 26.5 Å². The van der Waals surface area contributed by atoms with Gasteiger partial charge in [0.05, 0.1) is 6.10 Å². The molecule has 2 aromatic rings. The second-order valence-electron chi connectivity index (χ2n) is 5.98. The quantitative estimate of drug-likeness (QED) is 0.795. The first-order valence-electron chi connectivity index (χ1n) is 8.30. The molecular weight excluding hydrogens is 336 g/mol. The van der Waals surface area contributed by atoms with Crippen LogP contribution >= 0.6 is 12.2 Å². The summed E-state index contributed by atoms with van der Waals surface area (Å²) in [6, 6.07) is 13.7. The molecule has 0 atom stereocenters. The molecule has 0 bridgehead atoms. The number of hydrogen-bond donors (Lipinski definition) is 2. The van der Waals surface area contributed by atoms with Crippen LogP contribution in [0.4, 0.5) is 5.69 Å². The summed E-state index contributed by atoms with van der Waals surface area (Å²) in [6.07, 6.45) is 0.173. The molecule has 0 fully saturated rings. The van der Waals surface area contributed by atoms with Gasteiger partial charge in [0.1, 0.15) is 19.0 Å². The van der Waals surface area contributed by atoms with Crippen LogP contribution in [0, 0.1) is 0 Å². The summed E-state index contributed by atoms with van der Waals surface area (Å²) in [7, 11) is 0. The lowest BCUT2D eigenvalue weighted by atomic mass is 10.2. The second-order valence-corrected chi connectivity index (χ2v) is 6.38. The van der Waals surface area contributed by atoms with Gasteiger partial charge in [0.2, 0.25) is 0 Å². The van der Waals surface area contributed by atoms with E-state index in [2.05, 4.69) is 10.6 Å². The predicted molar refractivity (Wildman–Crippen MR) is 103 cm³/mol. The molecule has 1 heterocycles. The van der Waals surface area contributed by atoms with Gasteiger partial charge in [0, 0.05) is 18.3 Å². The zero-order chi connectivity index (χ0) is 17.6. The molecule has 0 aliphatic carbocycles. The van der Waals surface area contributed by atoms with Crippen LogP contribution < -0.4 is 24.8 Å². The molecule has 1 aliphatic heterocycles. The summed E-state index contributed by atoms with van der Waals surface area (Å²) in [4.78, 5) is 0. The number of fused-ring (bicyclic) bond motifs is 1. The first-order chi connectivity index (χ1) is 12.1. The van der Waals surface area contributed by atoms with Crippen molar-refractivity contribution in [2.75, 3.05) is 18.5 Å². The van der Waals surface area contributed by atoms with E-state index in [-0.39, 0.29) is 6.10 Å². The van der Waals surface area contributed by atoms with E-state index in [1.165, 1.54) is 0 Å².